The Morgan fingerprint density at radius 3 is 2.47 bits per heavy atom. The maximum Gasteiger partial charge on any atom is 0.279 e. The van der Waals surface area contributed by atoms with E-state index in [1.54, 1.807) is 26.1 Å². The van der Waals surface area contributed by atoms with E-state index >= 15 is 0 Å². The zero-order chi connectivity index (χ0) is 14.6. The normalized spacial score (nSPS) is 13.8. The Morgan fingerprint density at radius 2 is 2.00 bits per heavy atom. The van der Waals surface area contributed by atoms with Gasteiger partial charge in [0.25, 0.3) is 5.91 Å². The summed E-state index contributed by atoms with van der Waals surface area (Å²) in [6.45, 7) is 4.02. The second-order valence-electron chi connectivity index (χ2n) is 4.90. The van der Waals surface area contributed by atoms with Crippen molar-refractivity contribution < 1.29 is 14.8 Å². The van der Waals surface area contributed by atoms with Crippen molar-refractivity contribution in [2.45, 2.75) is 25.9 Å². The first-order valence-corrected chi connectivity index (χ1v) is 7.05. The summed E-state index contributed by atoms with van der Waals surface area (Å²) in [7, 11) is 5.20. The first kappa shape index (κ1) is 16.0. The number of nitrogens with zero attached hydrogens (tertiary/aromatic N) is 1. The summed E-state index contributed by atoms with van der Waals surface area (Å²) in [6, 6.07) is 6.11. The van der Waals surface area contributed by atoms with Crippen molar-refractivity contribution >= 4 is 21.8 Å². The second-order valence-corrected chi connectivity index (χ2v) is 5.75. The van der Waals surface area contributed by atoms with Crippen molar-refractivity contribution in [2.75, 3.05) is 21.2 Å². The Bertz CT molecular complexity index is 449. The fourth-order valence-corrected chi connectivity index (χ4v) is 2.56. The van der Waals surface area contributed by atoms with Gasteiger partial charge in [-0.1, -0.05) is 0 Å². The number of carbonyl (C=O) groups is 1. The molecule has 2 N–H and O–H groups in total. The lowest BCUT2D eigenvalue weighted by atomic mass is 10.1. The molecule has 0 unspecified atom stereocenters. The number of hydrogen-bond donors (Lipinski definition) is 1. The molecule has 0 aliphatic rings. The van der Waals surface area contributed by atoms with Crippen LogP contribution in [0.1, 0.15) is 25.5 Å². The molecule has 0 heterocycles. The molecule has 0 bridgehead atoms. The van der Waals surface area contributed by atoms with E-state index in [1.165, 1.54) is 0 Å². The van der Waals surface area contributed by atoms with Crippen LogP contribution >= 0.6 is 15.9 Å². The lowest BCUT2D eigenvalue weighted by molar-refractivity contribution is -0.710. The van der Waals surface area contributed by atoms with Gasteiger partial charge in [0.15, 0.2) is 6.04 Å². The highest BCUT2D eigenvalue weighted by atomic mass is 79.9. The number of halogens is 1. The van der Waals surface area contributed by atoms with E-state index in [0.29, 0.717) is 0 Å². The van der Waals surface area contributed by atoms with E-state index in [9.17, 15) is 4.79 Å². The predicted molar refractivity (Wildman–Crippen MR) is 79.2 cm³/mol. The van der Waals surface area contributed by atoms with E-state index in [2.05, 4.69) is 28.2 Å². The summed E-state index contributed by atoms with van der Waals surface area (Å²) in [6.07, 6.45) is 0. The summed E-state index contributed by atoms with van der Waals surface area (Å²) in [5, 5.41) is 2.07. The molecule has 0 radical (unpaired) electrons. The molecule has 0 aliphatic heterocycles. The molecule has 0 aromatic heterocycles. The quantitative estimate of drug-likeness (QED) is 0.891. The highest BCUT2D eigenvalue weighted by molar-refractivity contribution is 9.10. The highest BCUT2D eigenvalue weighted by Crippen LogP contribution is 2.27. The van der Waals surface area contributed by atoms with Crippen LogP contribution < -0.4 is 10.1 Å². The van der Waals surface area contributed by atoms with Crippen LogP contribution in [-0.2, 0) is 4.79 Å². The SMILES string of the molecule is COc1ccc([C@H](C)[NH2+][C@H](C)C(=O)N(C)C)cc1Br. The van der Waals surface area contributed by atoms with Crippen molar-refractivity contribution in [3.8, 4) is 5.75 Å². The van der Waals surface area contributed by atoms with Gasteiger partial charge in [-0.15, -0.1) is 0 Å². The standard InChI is InChI=1S/C14H21BrN2O2/c1-9(16-10(2)14(18)17(3)4)11-6-7-13(19-5)12(15)8-11/h6-10,16H,1-5H3/p+1/t9-,10+/m0/s1. The Kier molecular flexibility index (Phi) is 5.82. The van der Waals surface area contributed by atoms with Gasteiger partial charge in [-0.2, -0.15) is 0 Å². The van der Waals surface area contributed by atoms with Gasteiger partial charge in [0.2, 0.25) is 0 Å². The van der Waals surface area contributed by atoms with Crippen molar-refractivity contribution in [2.24, 2.45) is 0 Å². The Labute approximate surface area is 123 Å². The zero-order valence-corrected chi connectivity index (χ0v) is 13.7. The van der Waals surface area contributed by atoms with Crippen molar-refractivity contribution in [3.63, 3.8) is 0 Å². The molecule has 0 aliphatic carbocycles. The number of ether oxygens (including phenoxy) is 1. The Balaban J connectivity index is 2.75. The topological polar surface area (TPSA) is 46.1 Å². The fourth-order valence-electron chi connectivity index (χ4n) is 2.00. The monoisotopic (exact) mass is 329 g/mol. The summed E-state index contributed by atoms with van der Waals surface area (Å²) >= 11 is 3.48. The molecule has 2 atom stereocenters. The average molecular weight is 330 g/mol. The summed E-state index contributed by atoms with van der Waals surface area (Å²) in [5.41, 5.74) is 1.16. The maximum absolute atomic E-state index is 11.8. The Hall–Kier alpha value is -1.07. The van der Waals surface area contributed by atoms with Crippen LogP contribution in [0.2, 0.25) is 0 Å². The molecule has 0 spiro atoms. The second kappa shape index (κ2) is 6.91. The van der Waals surface area contributed by atoms with Crippen molar-refractivity contribution in [1.82, 2.24) is 4.90 Å². The number of likely N-dealkylation sites (N-methyl/N-ethyl adjacent to an activating group) is 1. The molecule has 1 rings (SSSR count). The van der Waals surface area contributed by atoms with Gasteiger partial charge in [-0.25, -0.2) is 0 Å². The third-order valence-corrected chi connectivity index (χ3v) is 3.73. The van der Waals surface area contributed by atoms with Crippen molar-refractivity contribution in [1.29, 1.82) is 0 Å². The van der Waals surface area contributed by atoms with Gasteiger partial charge in [-0.3, -0.25) is 4.79 Å². The van der Waals surface area contributed by atoms with Crippen LogP contribution in [0.15, 0.2) is 22.7 Å². The van der Waals surface area contributed by atoms with E-state index in [-0.39, 0.29) is 18.0 Å². The minimum absolute atomic E-state index is 0.0918. The van der Waals surface area contributed by atoms with Gasteiger partial charge in [0.1, 0.15) is 11.8 Å². The summed E-state index contributed by atoms with van der Waals surface area (Å²) in [5.74, 6) is 0.938. The number of hydrogen-bond acceptors (Lipinski definition) is 2. The van der Waals surface area contributed by atoms with E-state index in [0.717, 1.165) is 15.8 Å². The van der Waals surface area contributed by atoms with Crippen LogP contribution in [0.5, 0.6) is 5.75 Å². The summed E-state index contributed by atoms with van der Waals surface area (Å²) < 4.78 is 6.14. The Morgan fingerprint density at radius 1 is 1.37 bits per heavy atom. The minimum Gasteiger partial charge on any atom is -0.496 e. The smallest absolute Gasteiger partial charge is 0.279 e. The van der Waals surface area contributed by atoms with Gasteiger partial charge >= 0.3 is 0 Å². The van der Waals surface area contributed by atoms with Gasteiger partial charge in [-0.05, 0) is 48.0 Å². The molecule has 19 heavy (non-hydrogen) atoms. The first-order valence-electron chi connectivity index (χ1n) is 6.26. The molecular formula is C14H22BrN2O2+. The number of methoxy groups -OCH3 is 1. The summed E-state index contributed by atoms with van der Waals surface area (Å²) in [4.78, 5) is 13.5. The first-order chi connectivity index (χ1) is 8.86. The number of benzene rings is 1. The lowest BCUT2D eigenvalue weighted by Gasteiger charge is -2.20. The molecule has 106 valence electrons. The van der Waals surface area contributed by atoms with Crippen LogP contribution in [0.3, 0.4) is 0 Å². The predicted octanol–water partition coefficient (Wildman–Crippen LogP) is 1.56. The van der Waals surface area contributed by atoms with Crippen LogP contribution in [0.25, 0.3) is 0 Å². The van der Waals surface area contributed by atoms with Gasteiger partial charge < -0.3 is 15.0 Å². The zero-order valence-electron chi connectivity index (χ0n) is 12.1. The number of rotatable bonds is 5. The number of amides is 1. The van der Waals surface area contributed by atoms with Crippen LogP contribution in [0, 0.1) is 0 Å². The maximum atomic E-state index is 11.8. The van der Waals surface area contributed by atoms with Gasteiger partial charge in [0, 0.05) is 19.7 Å². The largest absolute Gasteiger partial charge is 0.496 e. The average Bonchev–Trinajstić information content (AvgIpc) is 2.37. The van der Waals surface area contributed by atoms with Crippen LogP contribution in [0.4, 0.5) is 0 Å². The molecule has 0 saturated heterocycles. The molecule has 0 fully saturated rings. The molecule has 4 nitrogen and oxygen atoms in total. The van der Waals surface area contributed by atoms with E-state index < -0.39 is 0 Å². The third-order valence-electron chi connectivity index (χ3n) is 3.11. The number of quaternary nitrogens is 1. The minimum atomic E-state index is -0.0918. The molecule has 1 amide bonds. The molecule has 5 heteroatoms. The molecule has 1 aromatic rings. The highest BCUT2D eigenvalue weighted by Gasteiger charge is 2.21. The lowest BCUT2D eigenvalue weighted by Crippen LogP contribution is -2.92. The molecule has 0 saturated carbocycles. The van der Waals surface area contributed by atoms with Crippen LogP contribution in [-0.4, -0.2) is 38.1 Å². The molecular weight excluding hydrogens is 308 g/mol. The van der Waals surface area contributed by atoms with Gasteiger partial charge in [0.05, 0.1) is 11.6 Å². The number of nitrogens with two attached hydrogens (primary N) is 1. The molecule has 1 aromatic carbocycles. The van der Waals surface area contributed by atoms with E-state index in [4.69, 9.17) is 4.74 Å². The van der Waals surface area contributed by atoms with Crippen molar-refractivity contribution in [3.05, 3.63) is 28.2 Å². The van der Waals surface area contributed by atoms with E-state index in [1.807, 2.05) is 25.1 Å². The number of carbonyl (C=O) groups excluding carboxylic acids is 1. The third kappa shape index (κ3) is 4.21. The fraction of sp³-hybridized carbons (Fsp3) is 0.500.